The number of amides is 1. The summed E-state index contributed by atoms with van der Waals surface area (Å²) in [6, 6.07) is 5.81. The van der Waals surface area contributed by atoms with E-state index in [0.717, 1.165) is 12.1 Å². The zero-order valence-electron chi connectivity index (χ0n) is 19.2. The van der Waals surface area contributed by atoms with Crippen LogP contribution >= 0.6 is 11.6 Å². The van der Waals surface area contributed by atoms with Gasteiger partial charge in [0.05, 0.1) is 17.9 Å². The van der Waals surface area contributed by atoms with E-state index in [0.29, 0.717) is 17.3 Å². The molecule has 14 heteroatoms. The van der Waals surface area contributed by atoms with E-state index >= 15 is 0 Å². The van der Waals surface area contributed by atoms with Crippen molar-refractivity contribution in [3.8, 4) is 11.6 Å². The van der Waals surface area contributed by atoms with E-state index in [-0.39, 0.29) is 17.1 Å². The smallest absolute Gasteiger partial charge is 0.406 e. The van der Waals surface area contributed by atoms with Crippen LogP contribution < -0.4 is 4.74 Å². The van der Waals surface area contributed by atoms with E-state index in [2.05, 4.69) is 24.2 Å². The monoisotopic (exact) mass is 530 g/mol. The lowest BCUT2D eigenvalue weighted by molar-refractivity contribution is -0.274. The molecule has 0 spiro atoms. The summed E-state index contributed by atoms with van der Waals surface area (Å²) >= 11 is 5.93. The maximum absolute atomic E-state index is 13.2. The summed E-state index contributed by atoms with van der Waals surface area (Å²) in [6.07, 6.45) is 0.817. The van der Waals surface area contributed by atoms with Crippen LogP contribution in [0.3, 0.4) is 0 Å². The summed E-state index contributed by atoms with van der Waals surface area (Å²) in [6.45, 7) is 3.63. The molecule has 0 aliphatic carbocycles. The van der Waals surface area contributed by atoms with Gasteiger partial charge in [-0.15, -0.1) is 13.2 Å². The van der Waals surface area contributed by atoms with Gasteiger partial charge in [-0.2, -0.15) is 14.1 Å². The van der Waals surface area contributed by atoms with Crippen molar-refractivity contribution in [2.75, 3.05) is 19.1 Å². The quantitative estimate of drug-likeness (QED) is 0.435. The first-order valence-electron chi connectivity index (χ1n) is 10.2. The van der Waals surface area contributed by atoms with Crippen molar-refractivity contribution in [2.45, 2.75) is 26.3 Å². The molecule has 1 amide bonds. The molecule has 3 aromatic rings. The minimum Gasteiger partial charge on any atom is -0.406 e. The number of ether oxygens (including phenoxy) is 1. The van der Waals surface area contributed by atoms with Crippen LogP contribution in [0.1, 0.15) is 36.1 Å². The van der Waals surface area contributed by atoms with Gasteiger partial charge in [-0.25, -0.2) is 14.2 Å². The fraction of sp³-hybridized carbons (Fsp3) is 0.333. The molecule has 0 saturated heterocycles. The molecule has 0 bridgehead atoms. The van der Waals surface area contributed by atoms with E-state index in [9.17, 15) is 22.2 Å². The average Bonchev–Trinajstić information content (AvgIpc) is 3.21. The van der Waals surface area contributed by atoms with Gasteiger partial charge in [0.15, 0.2) is 11.6 Å². The zero-order valence-corrected chi connectivity index (χ0v) is 20.7. The molecule has 0 unspecified atom stereocenters. The third kappa shape index (κ3) is 6.92. The maximum atomic E-state index is 13.2. The number of hydrogen-bond donors (Lipinski definition) is 0. The largest absolute Gasteiger partial charge is 0.573 e. The van der Waals surface area contributed by atoms with Gasteiger partial charge in [0.1, 0.15) is 12.1 Å². The SMILES string of the molecule is CCN(C(=O)c1cc(Cl)cc(OC(F)(F)F)c1)[C@@H](C)c1ncnn1-c1ccc(N=S(C)(C)=O)cn1. The van der Waals surface area contributed by atoms with Crippen LogP contribution in [0.5, 0.6) is 5.75 Å². The van der Waals surface area contributed by atoms with Gasteiger partial charge in [-0.05, 0) is 44.2 Å². The van der Waals surface area contributed by atoms with E-state index in [4.69, 9.17) is 11.6 Å². The Kier molecular flexibility index (Phi) is 7.70. The summed E-state index contributed by atoms with van der Waals surface area (Å²) in [4.78, 5) is 23.2. The number of aromatic nitrogens is 4. The van der Waals surface area contributed by atoms with Gasteiger partial charge in [0, 0.05) is 39.4 Å². The number of nitrogens with zero attached hydrogens (tertiary/aromatic N) is 6. The zero-order chi connectivity index (χ0) is 26.0. The normalized spacial score (nSPS) is 12.8. The molecule has 3 rings (SSSR count). The molecule has 0 saturated carbocycles. The highest BCUT2D eigenvalue weighted by atomic mass is 35.5. The van der Waals surface area contributed by atoms with Crippen LogP contribution in [0.25, 0.3) is 5.82 Å². The molecule has 35 heavy (non-hydrogen) atoms. The Morgan fingerprint density at radius 1 is 1.26 bits per heavy atom. The lowest BCUT2D eigenvalue weighted by Gasteiger charge is -2.28. The second-order valence-electron chi connectivity index (χ2n) is 7.67. The van der Waals surface area contributed by atoms with Crippen LogP contribution in [-0.2, 0) is 9.73 Å². The lowest BCUT2D eigenvalue weighted by Crippen LogP contribution is -2.35. The minimum absolute atomic E-state index is 0.0802. The summed E-state index contributed by atoms with van der Waals surface area (Å²) in [5.74, 6) is -0.431. The molecule has 0 aliphatic rings. The van der Waals surface area contributed by atoms with Crippen molar-refractivity contribution >= 4 is 32.9 Å². The van der Waals surface area contributed by atoms with Gasteiger partial charge < -0.3 is 9.64 Å². The number of hydrogen-bond acceptors (Lipinski definition) is 7. The molecule has 0 aliphatic heterocycles. The van der Waals surface area contributed by atoms with Crippen LogP contribution in [0, 0.1) is 0 Å². The number of alkyl halides is 3. The number of halogens is 4. The van der Waals surface area contributed by atoms with Gasteiger partial charge in [-0.3, -0.25) is 4.79 Å². The highest BCUT2D eigenvalue weighted by Gasteiger charge is 2.32. The molecule has 2 aromatic heterocycles. The highest BCUT2D eigenvalue weighted by Crippen LogP contribution is 2.29. The number of rotatable bonds is 7. The molecular weight excluding hydrogens is 509 g/mol. The van der Waals surface area contributed by atoms with E-state index < -0.39 is 33.8 Å². The van der Waals surface area contributed by atoms with E-state index in [1.807, 2.05) is 0 Å². The van der Waals surface area contributed by atoms with E-state index in [1.54, 1.807) is 26.0 Å². The van der Waals surface area contributed by atoms with Gasteiger partial charge >= 0.3 is 6.36 Å². The van der Waals surface area contributed by atoms with E-state index in [1.165, 1.54) is 40.7 Å². The predicted octanol–water partition coefficient (Wildman–Crippen LogP) is 4.80. The molecule has 0 fully saturated rings. The third-order valence-electron chi connectivity index (χ3n) is 4.64. The first-order chi connectivity index (χ1) is 16.3. The molecular formula is C21H22ClF3N6O3S. The van der Waals surface area contributed by atoms with Crippen molar-refractivity contribution in [1.82, 2.24) is 24.6 Å². The second kappa shape index (κ2) is 10.2. The van der Waals surface area contributed by atoms with Crippen molar-refractivity contribution in [2.24, 2.45) is 4.36 Å². The summed E-state index contributed by atoms with van der Waals surface area (Å²) in [5.41, 5.74) is 0.352. The number of pyridine rings is 1. The second-order valence-corrected chi connectivity index (χ2v) is 10.6. The van der Waals surface area contributed by atoms with Crippen molar-refractivity contribution < 1.29 is 26.9 Å². The standard InChI is InChI=1S/C21H22ClF3N6O3S/c1-5-30(20(32)14-8-15(22)10-17(9-14)34-21(23,24)25)13(2)19-27-12-28-31(19)18-7-6-16(11-26-18)29-35(3,4)33/h6-13H,5H2,1-4H3/t13-/m0/s1. The molecule has 0 N–H and O–H groups in total. The van der Waals surface area contributed by atoms with Crippen LogP contribution in [0.4, 0.5) is 18.9 Å². The Labute approximate surface area is 205 Å². The van der Waals surface area contributed by atoms with Crippen molar-refractivity contribution in [3.63, 3.8) is 0 Å². The summed E-state index contributed by atoms with van der Waals surface area (Å²) in [7, 11) is -2.36. The Morgan fingerprint density at radius 3 is 2.54 bits per heavy atom. The topological polar surface area (TPSA) is 103 Å². The highest BCUT2D eigenvalue weighted by molar-refractivity contribution is 7.92. The number of benzene rings is 1. The maximum Gasteiger partial charge on any atom is 0.573 e. The summed E-state index contributed by atoms with van der Waals surface area (Å²) < 4.78 is 59.3. The molecule has 2 heterocycles. The Balaban J connectivity index is 1.91. The molecule has 9 nitrogen and oxygen atoms in total. The molecule has 0 radical (unpaired) electrons. The average molecular weight is 531 g/mol. The van der Waals surface area contributed by atoms with Crippen LogP contribution in [0.15, 0.2) is 47.2 Å². The molecule has 188 valence electrons. The van der Waals surface area contributed by atoms with Gasteiger partial charge in [-0.1, -0.05) is 11.6 Å². The third-order valence-corrected chi connectivity index (χ3v) is 5.51. The predicted molar refractivity (Wildman–Crippen MR) is 124 cm³/mol. The van der Waals surface area contributed by atoms with Crippen LogP contribution in [0.2, 0.25) is 5.02 Å². The van der Waals surface area contributed by atoms with Crippen LogP contribution in [-0.4, -0.2) is 60.2 Å². The lowest BCUT2D eigenvalue weighted by atomic mass is 10.1. The summed E-state index contributed by atoms with van der Waals surface area (Å²) in [5, 5.41) is 4.10. The number of carbonyl (C=O) groups is 1. The fourth-order valence-electron chi connectivity index (χ4n) is 3.30. The molecule has 1 aromatic carbocycles. The van der Waals surface area contributed by atoms with Crippen molar-refractivity contribution in [3.05, 3.63) is 59.3 Å². The molecule has 1 atom stereocenters. The first kappa shape index (κ1) is 26.4. The first-order valence-corrected chi connectivity index (χ1v) is 12.9. The minimum atomic E-state index is -4.93. The van der Waals surface area contributed by atoms with Gasteiger partial charge in [0.2, 0.25) is 0 Å². The Morgan fingerprint density at radius 2 is 1.97 bits per heavy atom. The fourth-order valence-corrected chi connectivity index (χ4v) is 4.14. The Hall–Kier alpha value is -3.19. The van der Waals surface area contributed by atoms with Crippen molar-refractivity contribution in [1.29, 1.82) is 0 Å². The number of carbonyl (C=O) groups excluding carboxylic acids is 1. The van der Waals surface area contributed by atoms with Gasteiger partial charge in [0.25, 0.3) is 5.91 Å². The Bertz CT molecular complexity index is 1330.